The van der Waals surface area contributed by atoms with Crippen molar-refractivity contribution < 1.29 is 9.72 Å². The van der Waals surface area contributed by atoms with Crippen LogP contribution in [0.1, 0.15) is 30.6 Å². The largest absolute Gasteiger partial charge is 0.393 e. The molecule has 0 radical (unpaired) electrons. The van der Waals surface area contributed by atoms with E-state index in [4.69, 9.17) is 5.73 Å². The minimum absolute atomic E-state index is 0.00292. The van der Waals surface area contributed by atoms with Gasteiger partial charge in [0, 0.05) is 17.7 Å². The zero-order valence-corrected chi connectivity index (χ0v) is 12.4. The fraction of sp³-hybridized carbons (Fsp3) is 0.462. The average molecular weight is 297 g/mol. The molecule has 0 aromatic heterocycles. The first kappa shape index (κ1) is 16.3. The second-order valence-corrected chi connectivity index (χ2v) is 5.78. The molecule has 1 amide bonds. The van der Waals surface area contributed by atoms with Crippen molar-refractivity contribution in [2.75, 3.05) is 17.2 Å². The maximum Gasteiger partial charge on any atom is 0.292 e. The summed E-state index contributed by atoms with van der Waals surface area (Å²) in [4.78, 5) is 22.1. The number of nitro groups is 1. The summed E-state index contributed by atoms with van der Waals surface area (Å²) in [7, 11) is 0. The van der Waals surface area contributed by atoms with E-state index in [1.165, 1.54) is 18.2 Å². The molecule has 0 saturated heterocycles. The highest BCUT2D eigenvalue weighted by molar-refractivity contribution is 7.99. The maximum absolute atomic E-state index is 12.0. The summed E-state index contributed by atoms with van der Waals surface area (Å²) in [5, 5.41) is 13.5. The smallest absolute Gasteiger partial charge is 0.292 e. The third-order valence-corrected chi connectivity index (χ3v) is 3.70. The van der Waals surface area contributed by atoms with Crippen LogP contribution in [-0.2, 0) is 0 Å². The second kappa shape index (κ2) is 7.74. The number of thioether (sulfide) groups is 1. The zero-order valence-electron chi connectivity index (χ0n) is 11.6. The Morgan fingerprint density at radius 3 is 2.80 bits per heavy atom. The van der Waals surface area contributed by atoms with Crippen LogP contribution in [0.25, 0.3) is 0 Å². The Kier molecular flexibility index (Phi) is 6.30. The molecule has 0 fully saturated rings. The van der Waals surface area contributed by atoms with Gasteiger partial charge in [-0.25, -0.2) is 0 Å². The lowest BCUT2D eigenvalue weighted by molar-refractivity contribution is -0.383. The predicted octanol–water partition coefficient (Wildman–Crippen LogP) is 2.44. The van der Waals surface area contributed by atoms with Gasteiger partial charge in [0.15, 0.2) is 0 Å². The lowest BCUT2D eigenvalue weighted by atomic mass is 10.1. The Balaban J connectivity index is 2.64. The molecule has 0 bridgehead atoms. The molecule has 110 valence electrons. The van der Waals surface area contributed by atoms with Gasteiger partial charge < -0.3 is 11.1 Å². The van der Waals surface area contributed by atoms with Gasteiger partial charge in [0.05, 0.1) is 4.92 Å². The number of hydrogen-bond donors (Lipinski definition) is 2. The highest BCUT2D eigenvalue weighted by atomic mass is 32.2. The van der Waals surface area contributed by atoms with Crippen molar-refractivity contribution in [3.8, 4) is 0 Å². The Morgan fingerprint density at radius 2 is 2.25 bits per heavy atom. The molecule has 6 nitrogen and oxygen atoms in total. The van der Waals surface area contributed by atoms with E-state index in [0.717, 1.165) is 17.9 Å². The minimum Gasteiger partial charge on any atom is -0.393 e. The Labute approximate surface area is 122 Å². The highest BCUT2D eigenvalue weighted by Gasteiger charge is 2.15. The van der Waals surface area contributed by atoms with Crippen molar-refractivity contribution in [1.82, 2.24) is 5.32 Å². The van der Waals surface area contributed by atoms with Crippen LogP contribution < -0.4 is 11.1 Å². The zero-order chi connectivity index (χ0) is 15.1. The molecule has 0 saturated carbocycles. The molecule has 0 aliphatic carbocycles. The van der Waals surface area contributed by atoms with E-state index in [-0.39, 0.29) is 23.3 Å². The number of amides is 1. The summed E-state index contributed by atoms with van der Waals surface area (Å²) in [6.45, 7) is 4.02. The summed E-state index contributed by atoms with van der Waals surface area (Å²) in [5.41, 5.74) is 5.71. The Morgan fingerprint density at radius 1 is 1.55 bits per heavy atom. The topological polar surface area (TPSA) is 98.3 Å². The van der Waals surface area contributed by atoms with Crippen LogP contribution >= 0.6 is 11.8 Å². The number of rotatable bonds is 7. The number of nitrogens with two attached hydrogens (primary N) is 1. The van der Waals surface area contributed by atoms with E-state index in [0.29, 0.717) is 5.56 Å². The van der Waals surface area contributed by atoms with Crippen molar-refractivity contribution in [3.63, 3.8) is 0 Å². The number of nitro benzene ring substituents is 1. The van der Waals surface area contributed by atoms with Gasteiger partial charge in [0.1, 0.15) is 5.69 Å². The van der Waals surface area contributed by atoms with E-state index in [9.17, 15) is 14.9 Å². The minimum atomic E-state index is -0.568. The molecule has 0 heterocycles. The molecule has 1 aromatic carbocycles. The third-order valence-electron chi connectivity index (χ3n) is 2.76. The molecule has 0 aliphatic rings. The summed E-state index contributed by atoms with van der Waals surface area (Å²) in [5.74, 6) is 1.78. The van der Waals surface area contributed by atoms with E-state index in [2.05, 4.69) is 12.2 Å². The van der Waals surface area contributed by atoms with Gasteiger partial charge in [-0.2, -0.15) is 11.8 Å². The van der Waals surface area contributed by atoms with Gasteiger partial charge >= 0.3 is 0 Å². The van der Waals surface area contributed by atoms with Crippen LogP contribution in [0.5, 0.6) is 0 Å². The van der Waals surface area contributed by atoms with Crippen LogP contribution in [0, 0.1) is 10.1 Å². The van der Waals surface area contributed by atoms with Crippen molar-refractivity contribution in [3.05, 3.63) is 33.9 Å². The molecule has 20 heavy (non-hydrogen) atoms. The van der Waals surface area contributed by atoms with Gasteiger partial charge in [-0.3, -0.25) is 14.9 Å². The van der Waals surface area contributed by atoms with Gasteiger partial charge in [0.2, 0.25) is 0 Å². The number of benzene rings is 1. The van der Waals surface area contributed by atoms with Crippen LogP contribution in [-0.4, -0.2) is 28.4 Å². The number of hydrogen-bond acceptors (Lipinski definition) is 5. The number of nitrogen functional groups attached to an aromatic ring is 1. The first-order valence-electron chi connectivity index (χ1n) is 6.38. The fourth-order valence-corrected chi connectivity index (χ4v) is 2.45. The molecule has 3 N–H and O–H groups in total. The molecule has 0 aliphatic heterocycles. The second-order valence-electron chi connectivity index (χ2n) is 4.39. The number of nitrogens with one attached hydrogen (secondary N) is 1. The number of nitrogens with zero attached hydrogens (tertiary/aromatic N) is 1. The van der Waals surface area contributed by atoms with Gasteiger partial charge in [-0.05, 0) is 37.0 Å². The van der Waals surface area contributed by atoms with Crippen LogP contribution in [0.4, 0.5) is 11.4 Å². The molecule has 1 atom stereocenters. The van der Waals surface area contributed by atoms with E-state index in [1.54, 1.807) is 0 Å². The molecule has 1 unspecified atom stereocenters. The lowest BCUT2D eigenvalue weighted by Gasteiger charge is -2.13. The predicted molar refractivity (Wildman–Crippen MR) is 82.1 cm³/mol. The van der Waals surface area contributed by atoms with Crippen molar-refractivity contribution >= 4 is 29.0 Å². The third kappa shape index (κ3) is 4.73. The quantitative estimate of drug-likeness (QED) is 0.348. The van der Waals surface area contributed by atoms with E-state index in [1.807, 2.05) is 18.7 Å². The summed E-state index contributed by atoms with van der Waals surface area (Å²) in [6.07, 6.45) is 0.882. The maximum atomic E-state index is 12.0. The van der Waals surface area contributed by atoms with Gasteiger partial charge in [0.25, 0.3) is 11.6 Å². The van der Waals surface area contributed by atoms with E-state index >= 15 is 0 Å². The first-order chi connectivity index (χ1) is 9.45. The number of anilines is 1. The summed E-state index contributed by atoms with van der Waals surface area (Å²) < 4.78 is 0. The molecule has 1 rings (SSSR count). The molecule has 1 aromatic rings. The molecular formula is C13H19N3O3S. The van der Waals surface area contributed by atoms with E-state index < -0.39 is 4.92 Å². The monoisotopic (exact) mass is 297 g/mol. The van der Waals surface area contributed by atoms with Crippen molar-refractivity contribution in [2.24, 2.45) is 0 Å². The summed E-state index contributed by atoms with van der Waals surface area (Å²) >= 11 is 1.82. The van der Waals surface area contributed by atoms with Crippen LogP contribution in [0.3, 0.4) is 0 Å². The fourth-order valence-electron chi connectivity index (χ4n) is 1.65. The number of carbonyl (C=O) groups excluding carboxylic acids is 1. The Bertz CT molecular complexity index is 494. The van der Waals surface area contributed by atoms with Crippen molar-refractivity contribution in [1.29, 1.82) is 0 Å². The highest BCUT2D eigenvalue weighted by Crippen LogP contribution is 2.22. The average Bonchev–Trinajstić information content (AvgIpc) is 2.38. The van der Waals surface area contributed by atoms with Crippen molar-refractivity contribution in [2.45, 2.75) is 26.3 Å². The molecule has 0 spiro atoms. The van der Waals surface area contributed by atoms with Crippen LogP contribution in [0.15, 0.2) is 18.2 Å². The molecule has 7 heteroatoms. The van der Waals surface area contributed by atoms with Gasteiger partial charge in [-0.1, -0.05) is 6.92 Å². The lowest BCUT2D eigenvalue weighted by Crippen LogP contribution is -2.33. The normalized spacial score (nSPS) is 11.9. The standard InChI is InChI=1S/C13H19N3O3S/c1-3-20-7-6-9(2)15-13(17)10-4-5-12(16(18)19)11(14)8-10/h4-5,8-9H,3,6-7,14H2,1-2H3,(H,15,17). The SMILES string of the molecule is CCSCCC(C)NC(=O)c1ccc([N+](=O)[O-])c(N)c1. The molecular weight excluding hydrogens is 278 g/mol. The number of carbonyl (C=O) groups is 1. The summed E-state index contributed by atoms with van der Waals surface area (Å²) in [6, 6.07) is 4.05. The first-order valence-corrected chi connectivity index (χ1v) is 7.53. The van der Waals surface area contributed by atoms with Gasteiger partial charge in [-0.15, -0.1) is 0 Å². The van der Waals surface area contributed by atoms with Crippen LogP contribution in [0.2, 0.25) is 0 Å². The Hall–Kier alpha value is -1.76.